The molecule has 1 aliphatic carbocycles. The molecule has 1 aromatic carbocycles. The number of aliphatic hydroxyl groups is 1. The Hall–Kier alpha value is -2.02. The Morgan fingerprint density at radius 3 is 2.62 bits per heavy atom. The van der Waals surface area contributed by atoms with Crippen molar-refractivity contribution in [3.63, 3.8) is 0 Å². The molecule has 0 saturated heterocycles. The number of esters is 1. The number of benzene rings is 1. The smallest absolute Gasteiger partial charge is 0.416 e. The molecule has 0 saturated carbocycles. The minimum Gasteiger partial charge on any atom is -0.490 e. The lowest BCUT2D eigenvalue weighted by atomic mass is 9.98. The normalized spacial score (nSPS) is 16.2. The monoisotopic (exact) mass is 344 g/mol. The van der Waals surface area contributed by atoms with Crippen LogP contribution in [0.3, 0.4) is 0 Å². The van der Waals surface area contributed by atoms with Crippen LogP contribution in [0.2, 0.25) is 0 Å². The van der Waals surface area contributed by atoms with Crippen molar-refractivity contribution in [1.29, 1.82) is 0 Å². The van der Waals surface area contributed by atoms with Gasteiger partial charge in [0.25, 0.3) is 0 Å². The molecule has 0 radical (unpaired) electrons. The molecule has 0 spiro atoms. The molecule has 7 heteroatoms. The fourth-order valence-electron chi connectivity index (χ4n) is 2.67. The van der Waals surface area contributed by atoms with Gasteiger partial charge in [-0.25, -0.2) is 4.79 Å². The van der Waals surface area contributed by atoms with Crippen LogP contribution in [0.4, 0.5) is 13.2 Å². The zero-order valence-corrected chi connectivity index (χ0v) is 13.4. The van der Waals surface area contributed by atoms with E-state index in [2.05, 4.69) is 0 Å². The van der Waals surface area contributed by atoms with Crippen LogP contribution < -0.4 is 4.74 Å². The van der Waals surface area contributed by atoms with Crippen LogP contribution >= 0.6 is 0 Å². The molecule has 1 aliphatic rings. The zero-order valence-electron chi connectivity index (χ0n) is 13.4. The maximum absolute atomic E-state index is 13.0. The van der Waals surface area contributed by atoms with Crippen molar-refractivity contribution in [3.05, 3.63) is 34.9 Å². The first-order valence-corrected chi connectivity index (χ1v) is 7.57. The van der Waals surface area contributed by atoms with Gasteiger partial charge >= 0.3 is 12.1 Å². The van der Waals surface area contributed by atoms with Gasteiger partial charge < -0.3 is 14.6 Å². The topological polar surface area (TPSA) is 55.8 Å². The van der Waals surface area contributed by atoms with E-state index in [1.54, 1.807) is 0 Å². The van der Waals surface area contributed by atoms with Gasteiger partial charge in [-0.3, -0.25) is 0 Å². The van der Waals surface area contributed by atoms with Gasteiger partial charge in [0.15, 0.2) is 0 Å². The Morgan fingerprint density at radius 1 is 1.33 bits per heavy atom. The molecule has 1 aromatic rings. The molecule has 0 aromatic heterocycles. The Morgan fingerprint density at radius 2 is 2.04 bits per heavy atom. The maximum atomic E-state index is 13.0. The van der Waals surface area contributed by atoms with E-state index in [-0.39, 0.29) is 17.9 Å². The molecule has 1 atom stereocenters. The molecule has 1 unspecified atom stereocenters. The SMILES string of the molecule is COC(=O)C1=C(c2cc(C(F)(F)F)ccc2OCC(C)O)CCC1. The lowest BCUT2D eigenvalue weighted by Crippen LogP contribution is -2.14. The molecule has 24 heavy (non-hydrogen) atoms. The van der Waals surface area contributed by atoms with Crippen molar-refractivity contribution in [2.75, 3.05) is 13.7 Å². The van der Waals surface area contributed by atoms with E-state index >= 15 is 0 Å². The van der Waals surface area contributed by atoms with Crippen LogP contribution in [0, 0.1) is 0 Å². The second-order valence-corrected chi connectivity index (χ2v) is 5.67. The van der Waals surface area contributed by atoms with E-state index < -0.39 is 23.8 Å². The lowest BCUT2D eigenvalue weighted by molar-refractivity contribution is -0.137. The number of allylic oxidation sites excluding steroid dienone is 1. The van der Waals surface area contributed by atoms with Crippen molar-refractivity contribution >= 4 is 11.5 Å². The Bertz CT molecular complexity index is 648. The molecule has 132 valence electrons. The largest absolute Gasteiger partial charge is 0.490 e. The molecule has 0 bridgehead atoms. The molecular weight excluding hydrogens is 325 g/mol. The number of methoxy groups -OCH3 is 1. The van der Waals surface area contributed by atoms with Gasteiger partial charge in [0.1, 0.15) is 12.4 Å². The quantitative estimate of drug-likeness (QED) is 0.830. The minimum atomic E-state index is -4.50. The molecule has 1 N–H and O–H groups in total. The summed E-state index contributed by atoms with van der Waals surface area (Å²) in [6.07, 6.45) is -3.68. The van der Waals surface area contributed by atoms with Crippen LogP contribution in [-0.2, 0) is 15.7 Å². The fraction of sp³-hybridized carbons (Fsp3) is 0.471. The van der Waals surface area contributed by atoms with Crippen LogP contribution in [0.1, 0.15) is 37.3 Å². The number of rotatable bonds is 5. The highest BCUT2D eigenvalue weighted by Gasteiger charge is 2.33. The fourth-order valence-corrected chi connectivity index (χ4v) is 2.67. The second-order valence-electron chi connectivity index (χ2n) is 5.67. The summed E-state index contributed by atoms with van der Waals surface area (Å²) >= 11 is 0. The van der Waals surface area contributed by atoms with E-state index in [0.717, 1.165) is 12.1 Å². The first-order chi connectivity index (χ1) is 11.2. The van der Waals surface area contributed by atoms with Crippen molar-refractivity contribution in [2.45, 2.75) is 38.5 Å². The lowest BCUT2D eigenvalue weighted by Gasteiger charge is -2.17. The number of carbonyl (C=O) groups is 1. The molecule has 4 nitrogen and oxygen atoms in total. The van der Waals surface area contributed by atoms with Crippen molar-refractivity contribution in [2.24, 2.45) is 0 Å². The van der Waals surface area contributed by atoms with Gasteiger partial charge in [0, 0.05) is 11.1 Å². The summed E-state index contributed by atoms with van der Waals surface area (Å²) in [5, 5.41) is 9.34. The van der Waals surface area contributed by atoms with E-state index in [1.165, 1.54) is 20.1 Å². The van der Waals surface area contributed by atoms with Gasteiger partial charge in [-0.2, -0.15) is 13.2 Å². The first kappa shape index (κ1) is 18.3. The van der Waals surface area contributed by atoms with Crippen molar-refractivity contribution in [1.82, 2.24) is 0 Å². The highest BCUT2D eigenvalue weighted by Crippen LogP contribution is 2.41. The third kappa shape index (κ3) is 4.08. The molecule has 0 aliphatic heterocycles. The Labute approximate surface area is 137 Å². The van der Waals surface area contributed by atoms with Crippen LogP contribution in [-0.4, -0.2) is 30.9 Å². The molecule has 0 fully saturated rings. The zero-order chi connectivity index (χ0) is 17.9. The summed E-state index contributed by atoms with van der Waals surface area (Å²) in [4.78, 5) is 11.9. The number of aliphatic hydroxyl groups excluding tert-OH is 1. The summed E-state index contributed by atoms with van der Waals surface area (Å²) in [5.41, 5.74) is 0.293. The van der Waals surface area contributed by atoms with Gasteiger partial charge in [0.2, 0.25) is 0 Å². The van der Waals surface area contributed by atoms with E-state index in [9.17, 15) is 23.1 Å². The summed E-state index contributed by atoms with van der Waals surface area (Å²) in [7, 11) is 1.24. The van der Waals surface area contributed by atoms with Gasteiger partial charge in [-0.05, 0) is 50.0 Å². The standard InChI is InChI=1S/C17H19F3O4/c1-10(21)9-24-15-7-6-11(17(18,19)20)8-14(15)12-4-3-5-13(12)16(22)23-2/h6-8,10,21H,3-5,9H2,1-2H3. The number of hydrogen-bond acceptors (Lipinski definition) is 4. The van der Waals surface area contributed by atoms with E-state index in [4.69, 9.17) is 9.47 Å². The van der Waals surface area contributed by atoms with Gasteiger partial charge in [-0.15, -0.1) is 0 Å². The number of alkyl halides is 3. The third-order valence-corrected chi connectivity index (χ3v) is 3.76. The number of hydrogen-bond donors (Lipinski definition) is 1. The van der Waals surface area contributed by atoms with E-state index in [1.807, 2.05) is 0 Å². The Balaban J connectivity index is 2.53. The molecule has 2 rings (SSSR count). The first-order valence-electron chi connectivity index (χ1n) is 7.57. The summed E-state index contributed by atoms with van der Waals surface area (Å²) in [5.74, 6) is -0.330. The van der Waals surface area contributed by atoms with Crippen molar-refractivity contribution in [3.8, 4) is 5.75 Å². The predicted octanol–water partition coefficient (Wildman–Crippen LogP) is 3.58. The number of carbonyl (C=O) groups excluding carboxylic acids is 1. The number of ether oxygens (including phenoxy) is 2. The maximum Gasteiger partial charge on any atom is 0.416 e. The Kier molecular flexibility index (Phi) is 5.54. The van der Waals surface area contributed by atoms with Crippen LogP contribution in [0.15, 0.2) is 23.8 Å². The minimum absolute atomic E-state index is 0.0563. The third-order valence-electron chi connectivity index (χ3n) is 3.76. The average molecular weight is 344 g/mol. The summed E-state index contributed by atoms with van der Waals surface area (Å²) in [6, 6.07) is 3.13. The molecule has 0 amide bonds. The van der Waals surface area contributed by atoms with Gasteiger partial charge in [-0.1, -0.05) is 0 Å². The predicted molar refractivity (Wildman–Crippen MR) is 81.4 cm³/mol. The molecule has 0 heterocycles. The molecular formula is C17H19F3O4. The highest BCUT2D eigenvalue weighted by molar-refractivity contribution is 5.99. The summed E-state index contributed by atoms with van der Waals surface area (Å²) < 4.78 is 49.3. The van der Waals surface area contributed by atoms with Crippen LogP contribution in [0.5, 0.6) is 5.75 Å². The summed E-state index contributed by atoms with van der Waals surface area (Å²) in [6.45, 7) is 1.46. The van der Waals surface area contributed by atoms with Gasteiger partial charge in [0.05, 0.1) is 18.8 Å². The highest BCUT2D eigenvalue weighted by atomic mass is 19.4. The van der Waals surface area contributed by atoms with E-state index in [0.29, 0.717) is 30.4 Å². The van der Waals surface area contributed by atoms with Crippen LogP contribution in [0.25, 0.3) is 5.57 Å². The number of halogens is 3. The van der Waals surface area contributed by atoms with Crippen molar-refractivity contribution < 1.29 is 32.5 Å². The second kappa shape index (κ2) is 7.25. The average Bonchev–Trinajstić information content (AvgIpc) is 3.00.